The first-order chi connectivity index (χ1) is 22.2. The second kappa shape index (κ2) is 13.2. The molecule has 11 nitrogen and oxygen atoms in total. The zero-order valence-corrected chi connectivity index (χ0v) is 27.4. The summed E-state index contributed by atoms with van der Waals surface area (Å²) in [4.78, 5) is 39.7. The molecule has 0 radical (unpaired) electrons. The Hall–Kier alpha value is -4.29. The van der Waals surface area contributed by atoms with Crippen molar-refractivity contribution in [3.8, 4) is 28.3 Å². The van der Waals surface area contributed by atoms with Gasteiger partial charge in [0, 0.05) is 62.3 Å². The van der Waals surface area contributed by atoms with E-state index in [1.165, 1.54) is 11.6 Å². The quantitative estimate of drug-likeness (QED) is 0.225. The lowest BCUT2D eigenvalue weighted by molar-refractivity contribution is 0.0774. The van der Waals surface area contributed by atoms with Gasteiger partial charge in [-0.1, -0.05) is 53.5 Å². The van der Waals surface area contributed by atoms with E-state index in [-0.39, 0.29) is 5.39 Å². The topological polar surface area (TPSA) is 125 Å². The molecule has 13 heteroatoms. The number of hydrogen-bond acceptors (Lipinski definition) is 9. The second-order valence-corrected chi connectivity index (χ2v) is 11.9. The van der Waals surface area contributed by atoms with Gasteiger partial charge >= 0.3 is 5.69 Å². The molecule has 3 aromatic heterocycles. The highest BCUT2D eigenvalue weighted by Crippen LogP contribution is 2.42. The third kappa shape index (κ3) is 5.99. The molecule has 1 fully saturated rings. The van der Waals surface area contributed by atoms with Crippen LogP contribution < -0.4 is 26.6 Å². The number of nitrogens with one attached hydrogen (secondary N) is 2. The van der Waals surface area contributed by atoms with Crippen LogP contribution in [0.3, 0.4) is 0 Å². The molecular weight excluding hydrogens is 629 g/mol. The van der Waals surface area contributed by atoms with Crippen molar-refractivity contribution < 1.29 is 9.47 Å². The predicted octanol–water partition coefficient (Wildman–Crippen LogP) is 5.39. The number of aryl methyl sites for hydroxylation is 2. The molecule has 0 unspecified atom stereocenters. The molecule has 2 aromatic carbocycles. The smallest absolute Gasteiger partial charge is 0.330 e. The maximum Gasteiger partial charge on any atom is 0.330 e. The van der Waals surface area contributed by atoms with Crippen LogP contribution in [0.4, 0.5) is 11.5 Å². The van der Waals surface area contributed by atoms with E-state index in [0.29, 0.717) is 79.3 Å². The number of methoxy groups -OCH3 is 1. The summed E-state index contributed by atoms with van der Waals surface area (Å²) in [6, 6.07) is 13.2. The Bertz CT molecular complexity index is 2070. The number of anilines is 2. The largest absolute Gasteiger partial charge is 0.480 e. The van der Waals surface area contributed by atoms with Crippen molar-refractivity contribution in [3.63, 3.8) is 0 Å². The van der Waals surface area contributed by atoms with Crippen LogP contribution in [0.5, 0.6) is 5.88 Å². The van der Waals surface area contributed by atoms with Crippen molar-refractivity contribution in [2.45, 2.75) is 32.4 Å². The Morgan fingerprint density at radius 2 is 1.67 bits per heavy atom. The zero-order valence-electron chi connectivity index (χ0n) is 25.9. The summed E-state index contributed by atoms with van der Waals surface area (Å²) in [6.45, 7) is 3.82. The molecule has 0 aliphatic carbocycles. The first kappa shape index (κ1) is 31.7. The summed E-state index contributed by atoms with van der Waals surface area (Å²) in [6.07, 6.45) is 3.59. The Morgan fingerprint density at radius 3 is 2.41 bits per heavy atom. The maximum absolute atomic E-state index is 13.2. The first-order valence-corrected chi connectivity index (χ1v) is 15.6. The molecule has 0 spiro atoms. The minimum absolute atomic E-state index is 0.274. The summed E-state index contributed by atoms with van der Waals surface area (Å²) in [7, 11) is 4.63. The fourth-order valence-electron chi connectivity index (χ4n) is 5.66. The van der Waals surface area contributed by atoms with Crippen LogP contribution >= 0.6 is 23.2 Å². The van der Waals surface area contributed by atoms with Crippen molar-refractivity contribution in [1.82, 2.24) is 29.4 Å². The minimum Gasteiger partial charge on any atom is -0.480 e. The normalized spacial score (nSPS) is 13.7. The number of pyridine rings is 1. The summed E-state index contributed by atoms with van der Waals surface area (Å²) < 4.78 is 13.5. The van der Waals surface area contributed by atoms with E-state index in [2.05, 4.69) is 20.6 Å². The molecule has 4 heterocycles. The van der Waals surface area contributed by atoms with E-state index in [0.717, 1.165) is 30.6 Å². The lowest BCUT2D eigenvalue weighted by atomic mass is 10.0. The van der Waals surface area contributed by atoms with E-state index in [4.69, 9.17) is 37.7 Å². The lowest BCUT2D eigenvalue weighted by Crippen LogP contribution is -2.37. The van der Waals surface area contributed by atoms with Gasteiger partial charge in [-0.15, -0.1) is 0 Å². The molecule has 238 valence electrons. The molecule has 5 aromatic rings. The van der Waals surface area contributed by atoms with Crippen LogP contribution in [0.15, 0.2) is 58.3 Å². The molecule has 1 aliphatic rings. The average Bonchev–Trinajstić information content (AvgIpc) is 3.07. The third-order valence-electron chi connectivity index (χ3n) is 8.18. The summed E-state index contributed by atoms with van der Waals surface area (Å²) in [5, 5.41) is 7.84. The Labute approximate surface area is 275 Å². The van der Waals surface area contributed by atoms with E-state index in [1.807, 2.05) is 30.3 Å². The highest BCUT2D eigenvalue weighted by atomic mass is 35.5. The number of hydrogen-bond donors (Lipinski definition) is 2. The molecule has 0 saturated carbocycles. The highest BCUT2D eigenvalue weighted by molar-refractivity contribution is 6.39. The van der Waals surface area contributed by atoms with Gasteiger partial charge in [-0.25, -0.2) is 14.8 Å². The fourth-order valence-corrected chi connectivity index (χ4v) is 6.26. The summed E-state index contributed by atoms with van der Waals surface area (Å²) in [5.74, 6) is 0.711. The van der Waals surface area contributed by atoms with E-state index in [9.17, 15) is 9.59 Å². The standard InChI is InChI=1S/C33H33Cl2N7O4/c1-18-15-26-27(32(43)42(3)33(44)41(26)2)30(38-18)39-23-10-6-8-21(29(23)35)20-7-5-9-22(28(20)34)24-16-37-25(31(40-24)45-4)17-36-19-11-13-46-14-12-19/h5-10,15-16,19,36H,11-14,17H2,1-4H3,(H,38,39). The van der Waals surface area contributed by atoms with Crippen LogP contribution in [0.25, 0.3) is 33.3 Å². The van der Waals surface area contributed by atoms with Crippen LogP contribution in [0.1, 0.15) is 24.2 Å². The molecule has 2 N–H and O–H groups in total. The zero-order chi connectivity index (χ0) is 32.5. The van der Waals surface area contributed by atoms with Crippen LogP contribution in [-0.2, 0) is 25.4 Å². The molecule has 6 rings (SSSR count). The molecular formula is C33H33Cl2N7O4. The Balaban J connectivity index is 1.34. The van der Waals surface area contributed by atoms with Crippen molar-refractivity contribution in [1.29, 1.82) is 0 Å². The van der Waals surface area contributed by atoms with Crippen LogP contribution in [-0.4, -0.2) is 50.5 Å². The first-order valence-electron chi connectivity index (χ1n) is 14.8. The minimum atomic E-state index is -0.460. The number of fused-ring (bicyclic) bond motifs is 1. The van der Waals surface area contributed by atoms with Gasteiger partial charge in [-0.2, -0.15) is 0 Å². The molecule has 0 bridgehead atoms. The van der Waals surface area contributed by atoms with E-state index in [1.54, 1.807) is 39.4 Å². The number of aromatic nitrogens is 5. The molecule has 1 saturated heterocycles. The lowest BCUT2D eigenvalue weighted by Gasteiger charge is -2.23. The van der Waals surface area contributed by atoms with Gasteiger partial charge in [0.1, 0.15) is 16.9 Å². The van der Waals surface area contributed by atoms with Gasteiger partial charge in [0.25, 0.3) is 5.56 Å². The third-order valence-corrected chi connectivity index (χ3v) is 9.00. The van der Waals surface area contributed by atoms with Crippen molar-refractivity contribution >= 4 is 45.6 Å². The molecule has 0 atom stereocenters. The molecule has 0 amide bonds. The maximum atomic E-state index is 13.2. The molecule has 1 aliphatic heterocycles. The van der Waals surface area contributed by atoms with E-state index >= 15 is 0 Å². The van der Waals surface area contributed by atoms with Gasteiger partial charge in [-0.05, 0) is 31.9 Å². The predicted molar refractivity (Wildman–Crippen MR) is 180 cm³/mol. The van der Waals surface area contributed by atoms with Gasteiger partial charge in [0.05, 0.1) is 40.2 Å². The summed E-state index contributed by atoms with van der Waals surface area (Å²) >= 11 is 14.0. The monoisotopic (exact) mass is 661 g/mol. The van der Waals surface area contributed by atoms with Crippen molar-refractivity contribution in [2.24, 2.45) is 14.1 Å². The molecule has 46 heavy (non-hydrogen) atoms. The van der Waals surface area contributed by atoms with Gasteiger partial charge < -0.3 is 20.1 Å². The second-order valence-electron chi connectivity index (χ2n) is 11.2. The Kier molecular flexibility index (Phi) is 9.10. The highest BCUT2D eigenvalue weighted by Gasteiger charge is 2.20. The van der Waals surface area contributed by atoms with Gasteiger partial charge in [0.2, 0.25) is 5.88 Å². The fraction of sp³-hybridized carbons (Fsp3) is 0.303. The van der Waals surface area contributed by atoms with Gasteiger partial charge in [0.15, 0.2) is 0 Å². The van der Waals surface area contributed by atoms with Crippen molar-refractivity contribution in [3.05, 3.63) is 90.9 Å². The number of halogens is 2. The average molecular weight is 663 g/mol. The Morgan fingerprint density at radius 1 is 0.978 bits per heavy atom. The van der Waals surface area contributed by atoms with Crippen LogP contribution in [0.2, 0.25) is 10.0 Å². The van der Waals surface area contributed by atoms with Crippen LogP contribution in [0, 0.1) is 6.92 Å². The SMILES string of the molecule is COc1nc(-c2cccc(-c3cccc(Nc4nc(C)cc5c4c(=O)n(C)c(=O)n5C)c3Cl)c2Cl)cnc1CNC1CCOCC1. The van der Waals surface area contributed by atoms with Gasteiger partial charge in [-0.3, -0.25) is 18.9 Å². The number of nitrogens with zero attached hydrogens (tertiary/aromatic N) is 5. The van der Waals surface area contributed by atoms with E-state index < -0.39 is 11.2 Å². The number of benzene rings is 2. The van der Waals surface area contributed by atoms with Crippen molar-refractivity contribution in [2.75, 3.05) is 25.6 Å². The number of ether oxygens (including phenoxy) is 2. The summed E-state index contributed by atoms with van der Waals surface area (Å²) in [5.41, 5.74) is 3.99. The number of rotatable bonds is 8.